The van der Waals surface area contributed by atoms with Crippen LogP contribution in [0.3, 0.4) is 0 Å². The number of likely N-dealkylation sites (tertiary alicyclic amines) is 1. The lowest BCUT2D eigenvalue weighted by molar-refractivity contribution is 0.207. The molecule has 4 aromatic rings. The summed E-state index contributed by atoms with van der Waals surface area (Å²) in [7, 11) is 0. The van der Waals surface area contributed by atoms with Gasteiger partial charge in [0.2, 0.25) is 0 Å². The van der Waals surface area contributed by atoms with Crippen LogP contribution >= 0.6 is 0 Å². The molecule has 10 heteroatoms. The molecule has 6 rings (SSSR count). The highest BCUT2D eigenvalue weighted by Gasteiger charge is 2.47. The van der Waals surface area contributed by atoms with Crippen LogP contribution in [-0.4, -0.2) is 53.3 Å². The second kappa shape index (κ2) is 8.23. The molecule has 1 amide bonds. The molecule has 1 spiro atoms. The number of hydrogen-bond acceptors (Lipinski definition) is 7. The summed E-state index contributed by atoms with van der Waals surface area (Å²) in [4.78, 5) is 27.3. The minimum Gasteiger partial charge on any atom is -0.482 e. The Kier molecular flexibility index (Phi) is 5.01. The maximum absolute atomic E-state index is 12.8. The van der Waals surface area contributed by atoms with E-state index in [0.717, 1.165) is 41.9 Å². The normalized spacial score (nSPS) is 19.7. The van der Waals surface area contributed by atoms with Crippen LogP contribution in [0.5, 0.6) is 5.75 Å². The minimum absolute atomic E-state index is 0.0372. The summed E-state index contributed by atoms with van der Waals surface area (Å²) < 4.78 is 9.72. The molecule has 2 aliphatic rings. The summed E-state index contributed by atoms with van der Waals surface area (Å²) in [6.45, 7) is 4.17. The molecule has 0 radical (unpaired) electrons. The lowest BCUT2D eigenvalue weighted by Crippen LogP contribution is -2.35. The van der Waals surface area contributed by atoms with Gasteiger partial charge in [-0.2, -0.15) is 5.10 Å². The topological polar surface area (TPSA) is 117 Å². The number of aromatic nitrogens is 6. The van der Waals surface area contributed by atoms with E-state index in [4.69, 9.17) is 15.6 Å². The van der Waals surface area contributed by atoms with Gasteiger partial charge in [0.15, 0.2) is 11.6 Å². The molecule has 1 saturated heterocycles. The molecule has 0 aromatic carbocycles. The second-order valence-electron chi connectivity index (χ2n) is 9.25. The molecule has 0 aliphatic carbocycles. The van der Waals surface area contributed by atoms with Crippen LogP contribution < -0.4 is 10.5 Å². The van der Waals surface area contributed by atoms with Gasteiger partial charge < -0.3 is 15.4 Å². The molecule has 6 heterocycles. The van der Waals surface area contributed by atoms with Gasteiger partial charge in [-0.15, -0.1) is 0 Å². The predicted octanol–water partition coefficient (Wildman–Crippen LogP) is 3.27. The Morgan fingerprint density at radius 2 is 2.06 bits per heavy atom. The quantitative estimate of drug-likeness (QED) is 0.486. The van der Waals surface area contributed by atoms with Gasteiger partial charge in [0.1, 0.15) is 12.4 Å². The molecule has 10 nitrogen and oxygen atoms in total. The van der Waals surface area contributed by atoms with Crippen LogP contribution in [0.2, 0.25) is 0 Å². The molecule has 178 valence electrons. The molecule has 0 bridgehead atoms. The van der Waals surface area contributed by atoms with E-state index >= 15 is 0 Å². The first-order valence-corrected chi connectivity index (χ1v) is 11.7. The van der Waals surface area contributed by atoms with Crippen LogP contribution in [0.15, 0.2) is 61.6 Å². The van der Waals surface area contributed by atoms with Crippen LogP contribution in [-0.2, 0) is 12.0 Å². The van der Waals surface area contributed by atoms with Gasteiger partial charge >= 0.3 is 6.03 Å². The van der Waals surface area contributed by atoms with Crippen molar-refractivity contribution in [2.45, 2.75) is 37.8 Å². The average molecular weight is 471 g/mol. The fourth-order valence-corrected chi connectivity index (χ4v) is 5.15. The van der Waals surface area contributed by atoms with Crippen LogP contribution in [0.4, 0.5) is 10.6 Å². The number of pyridine rings is 2. The van der Waals surface area contributed by atoms with Crippen molar-refractivity contribution < 1.29 is 9.53 Å². The number of fused-ring (bicyclic) bond motifs is 2. The van der Waals surface area contributed by atoms with E-state index < -0.39 is 0 Å². The Bertz CT molecular complexity index is 1370. The number of rotatable bonds is 4. The number of aryl methyl sites for hydroxylation is 1. The van der Waals surface area contributed by atoms with E-state index in [2.05, 4.69) is 25.7 Å². The van der Waals surface area contributed by atoms with Crippen LogP contribution in [0.1, 0.15) is 37.1 Å². The third kappa shape index (κ3) is 3.71. The van der Waals surface area contributed by atoms with E-state index in [1.807, 2.05) is 30.0 Å². The fourth-order valence-electron chi connectivity index (χ4n) is 5.15. The Morgan fingerprint density at radius 3 is 2.86 bits per heavy atom. The number of carbonyl (C=O) groups excluding carboxylic acids is 1. The van der Waals surface area contributed by atoms with E-state index in [1.165, 1.54) is 4.57 Å². The van der Waals surface area contributed by atoms with E-state index in [0.29, 0.717) is 24.7 Å². The Labute approximate surface area is 202 Å². The third-order valence-corrected chi connectivity index (χ3v) is 7.11. The van der Waals surface area contributed by atoms with Crippen molar-refractivity contribution >= 4 is 11.8 Å². The van der Waals surface area contributed by atoms with Gasteiger partial charge in [-0.3, -0.25) is 14.2 Å². The highest BCUT2D eigenvalue weighted by molar-refractivity contribution is 5.77. The number of hydrogen-bond donors (Lipinski definition) is 1. The third-order valence-electron chi connectivity index (χ3n) is 7.11. The molecule has 2 atom stereocenters. The van der Waals surface area contributed by atoms with Crippen molar-refractivity contribution in [3.63, 3.8) is 0 Å². The second-order valence-corrected chi connectivity index (χ2v) is 9.25. The molecule has 2 unspecified atom stereocenters. The molecule has 2 aliphatic heterocycles. The van der Waals surface area contributed by atoms with Crippen molar-refractivity contribution in [3.8, 4) is 17.0 Å². The number of anilines is 1. The number of carbonyl (C=O) groups is 1. The van der Waals surface area contributed by atoms with Crippen molar-refractivity contribution in [1.29, 1.82) is 0 Å². The van der Waals surface area contributed by atoms with Crippen molar-refractivity contribution in [1.82, 2.24) is 34.2 Å². The Morgan fingerprint density at radius 1 is 1.17 bits per heavy atom. The van der Waals surface area contributed by atoms with Gasteiger partial charge in [0, 0.05) is 72.9 Å². The van der Waals surface area contributed by atoms with Crippen molar-refractivity contribution in [2.75, 3.05) is 18.8 Å². The molecule has 1 fully saturated rings. The van der Waals surface area contributed by atoms with Gasteiger partial charge in [-0.1, -0.05) is 6.07 Å². The molecule has 2 N–H and O–H groups in total. The summed E-state index contributed by atoms with van der Waals surface area (Å²) in [5.74, 6) is 0.844. The number of ether oxygens (including phenoxy) is 1. The number of nitrogens with zero attached hydrogens (tertiary/aromatic N) is 7. The number of nitrogens with two attached hydrogens (primary N) is 1. The number of amides is 1. The monoisotopic (exact) mass is 470 g/mol. The minimum atomic E-state index is -0.226. The predicted molar refractivity (Wildman–Crippen MR) is 129 cm³/mol. The van der Waals surface area contributed by atoms with Gasteiger partial charge in [-0.25, -0.2) is 14.8 Å². The largest absolute Gasteiger partial charge is 0.482 e. The zero-order valence-electron chi connectivity index (χ0n) is 19.4. The molecular weight excluding hydrogens is 444 g/mol. The smallest absolute Gasteiger partial charge is 0.329 e. The fraction of sp³-hybridized carbons (Fsp3) is 0.320. The highest BCUT2D eigenvalue weighted by atomic mass is 16.5. The highest BCUT2D eigenvalue weighted by Crippen LogP contribution is 2.44. The first-order valence-electron chi connectivity index (χ1n) is 11.7. The summed E-state index contributed by atoms with van der Waals surface area (Å²) in [5, 5.41) is 4.86. The van der Waals surface area contributed by atoms with Gasteiger partial charge in [0.05, 0.1) is 5.69 Å². The maximum Gasteiger partial charge on any atom is 0.329 e. The Balaban J connectivity index is 1.24. The first kappa shape index (κ1) is 21.3. The molecule has 35 heavy (non-hydrogen) atoms. The number of imidazole rings is 1. The average Bonchev–Trinajstić information content (AvgIpc) is 3.68. The molecular formula is C25H26N8O2. The van der Waals surface area contributed by atoms with E-state index in [9.17, 15) is 4.79 Å². The summed E-state index contributed by atoms with van der Waals surface area (Å²) in [6, 6.07) is 7.82. The lowest BCUT2D eigenvalue weighted by Gasteiger charge is -2.23. The van der Waals surface area contributed by atoms with E-state index in [1.54, 1.807) is 37.3 Å². The van der Waals surface area contributed by atoms with Gasteiger partial charge in [0.25, 0.3) is 0 Å². The molecule has 4 aromatic heterocycles. The van der Waals surface area contributed by atoms with Crippen molar-refractivity contribution in [2.24, 2.45) is 0 Å². The zero-order chi connectivity index (χ0) is 24.0. The van der Waals surface area contributed by atoms with Gasteiger partial charge in [-0.05, 0) is 38.0 Å². The first-order chi connectivity index (χ1) is 17.0. The Hall–Kier alpha value is -4.21. The molecule has 0 saturated carbocycles. The van der Waals surface area contributed by atoms with Crippen LogP contribution in [0.25, 0.3) is 11.3 Å². The van der Waals surface area contributed by atoms with Crippen LogP contribution in [0, 0.1) is 0 Å². The SMILES string of the molecule is CC(Oc1cc(-c2cc3n(n2)CCC32CCN(C(=O)n3ccnc3)C2)cnc1N)c1cccnc1. The van der Waals surface area contributed by atoms with Crippen molar-refractivity contribution in [3.05, 3.63) is 72.8 Å². The summed E-state index contributed by atoms with van der Waals surface area (Å²) >= 11 is 0. The summed E-state index contributed by atoms with van der Waals surface area (Å²) in [5.41, 5.74) is 9.82. The number of nitrogen functional groups attached to an aromatic ring is 1. The summed E-state index contributed by atoms with van der Waals surface area (Å²) in [6.07, 6.45) is 11.8. The maximum atomic E-state index is 12.8. The standard InChI is InChI=1S/C25H26N8O2/c1-17(18-3-2-6-27-13-18)35-21-11-19(14-29-23(21)26)20-12-22-25(5-9-33(22)30-20)4-8-31(15-25)24(34)32-10-7-28-16-32/h2-3,6-7,10-14,16-17H,4-5,8-9,15H2,1H3,(H2,26,29). The van der Waals surface area contributed by atoms with E-state index in [-0.39, 0.29) is 17.6 Å². The lowest BCUT2D eigenvalue weighted by atomic mass is 9.82. The zero-order valence-corrected chi connectivity index (χ0v) is 19.4.